The molecule has 1 aliphatic carbocycles. The van der Waals surface area contributed by atoms with E-state index in [0.717, 1.165) is 0 Å². The fourth-order valence-electron chi connectivity index (χ4n) is 2.41. The van der Waals surface area contributed by atoms with Gasteiger partial charge in [-0.05, 0) is 56.6 Å². The number of fused-ring (bicyclic) bond motifs is 1. The maximum Gasteiger partial charge on any atom is 0.0438 e. The number of nitrogens with zero attached hydrogens (tertiary/aromatic N) is 1. The lowest BCUT2D eigenvalue weighted by Crippen LogP contribution is -2.08. The molecule has 1 aromatic rings. The van der Waals surface area contributed by atoms with Crippen LogP contribution in [-0.4, -0.2) is 4.98 Å². The molecule has 0 aromatic carbocycles. The van der Waals surface area contributed by atoms with Crippen molar-refractivity contribution in [1.82, 2.24) is 4.98 Å². The lowest BCUT2D eigenvalue weighted by molar-refractivity contribution is 0.660. The van der Waals surface area contributed by atoms with E-state index in [1.165, 1.54) is 67.5 Å². The van der Waals surface area contributed by atoms with Crippen LogP contribution in [0.2, 0.25) is 0 Å². The Bertz CT molecular complexity index is 341. The molecule has 82 valence electrons. The zero-order chi connectivity index (χ0) is 10.7. The van der Waals surface area contributed by atoms with Gasteiger partial charge in [0.2, 0.25) is 0 Å². The molecular formula is C14H21N. The summed E-state index contributed by atoms with van der Waals surface area (Å²) in [5.74, 6) is 0. The summed E-state index contributed by atoms with van der Waals surface area (Å²) < 4.78 is 0. The lowest BCUT2D eigenvalue weighted by Gasteiger charge is -2.17. The van der Waals surface area contributed by atoms with Gasteiger partial charge in [0.1, 0.15) is 0 Å². The molecule has 0 saturated carbocycles. The summed E-state index contributed by atoms with van der Waals surface area (Å²) in [6, 6.07) is 2.42. The molecule has 0 amide bonds. The molecule has 0 atom stereocenters. The van der Waals surface area contributed by atoms with Crippen molar-refractivity contribution in [3.63, 3.8) is 0 Å². The average molecular weight is 203 g/mol. The highest BCUT2D eigenvalue weighted by molar-refractivity contribution is 5.31. The third-order valence-corrected chi connectivity index (χ3v) is 3.40. The smallest absolute Gasteiger partial charge is 0.0438 e. The minimum atomic E-state index is 1.20. The number of aryl methyl sites for hydroxylation is 4. The highest BCUT2D eigenvalue weighted by atomic mass is 14.7. The van der Waals surface area contributed by atoms with Gasteiger partial charge in [-0.1, -0.05) is 19.4 Å². The minimum absolute atomic E-state index is 1.20. The number of rotatable bonds is 3. The normalized spacial score (nSPS) is 15.1. The van der Waals surface area contributed by atoms with Crippen LogP contribution in [0.3, 0.4) is 0 Å². The predicted octanol–water partition coefficient (Wildman–Crippen LogP) is 3.61. The fourth-order valence-corrected chi connectivity index (χ4v) is 2.41. The molecule has 15 heavy (non-hydrogen) atoms. The highest BCUT2D eigenvalue weighted by Crippen LogP contribution is 2.22. The first-order valence-corrected chi connectivity index (χ1v) is 6.29. The number of hydrogen-bond acceptors (Lipinski definition) is 1. The average Bonchev–Trinajstić information content (AvgIpc) is 2.26. The summed E-state index contributed by atoms with van der Waals surface area (Å²) in [5.41, 5.74) is 5.65. The highest BCUT2D eigenvalue weighted by Gasteiger charge is 2.12. The van der Waals surface area contributed by atoms with Crippen LogP contribution in [0.15, 0.2) is 6.07 Å². The van der Waals surface area contributed by atoms with Gasteiger partial charge in [-0.2, -0.15) is 0 Å². The molecular weight excluding hydrogens is 182 g/mol. The first kappa shape index (κ1) is 10.7. The van der Waals surface area contributed by atoms with Gasteiger partial charge in [-0.3, -0.25) is 4.98 Å². The third kappa shape index (κ3) is 2.39. The van der Waals surface area contributed by atoms with E-state index in [2.05, 4.69) is 19.9 Å². The number of aromatic nitrogens is 1. The van der Waals surface area contributed by atoms with Crippen LogP contribution < -0.4 is 0 Å². The lowest BCUT2D eigenvalue weighted by atomic mass is 9.93. The van der Waals surface area contributed by atoms with Crippen molar-refractivity contribution >= 4 is 0 Å². The Morgan fingerprint density at radius 3 is 2.87 bits per heavy atom. The van der Waals surface area contributed by atoms with E-state index < -0.39 is 0 Å². The van der Waals surface area contributed by atoms with E-state index in [0.29, 0.717) is 0 Å². The molecule has 0 aliphatic heterocycles. The quantitative estimate of drug-likeness (QED) is 0.731. The topological polar surface area (TPSA) is 12.9 Å². The minimum Gasteiger partial charge on any atom is -0.258 e. The number of hydrogen-bond donors (Lipinski definition) is 0. The second kappa shape index (κ2) is 4.78. The van der Waals surface area contributed by atoms with Crippen LogP contribution in [-0.2, 0) is 19.3 Å². The summed E-state index contributed by atoms with van der Waals surface area (Å²) in [7, 11) is 0. The van der Waals surface area contributed by atoms with Crippen LogP contribution in [0.25, 0.3) is 0 Å². The van der Waals surface area contributed by atoms with Crippen molar-refractivity contribution in [2.24, 2.45) is 0 Å². The Morgan fingerprint density at radius 1 is 1.27 bits per heavy atom. The molecule has 2 rings (SSSR count). The standard InChI is InChI=1S/C14H21N/c1-3-4-7-12-10-13-8-5-6-9-14(13)15-11(12)2/h10H,3-9H2,1-2H3. The van der Waals surface area contributed by atoms with Crippen LogP contribution >= 0.6 is 0 Å². The van der Waals surface area contributed by atoms with E-state index in [1.54, 1.807) is 0 Å². The van der Waals surface area contributed by atoms with E-state index in [9.17, 15) is 0 Å². The largest absolute Gasteiger partial charge is 0.258 e. The van der Waals surface area contributed by atoms with E-state index >= 15 is 0 Å². The van der Waals surface area contributed by atoms with Gasteiger partial charge < -0.3 is 0 Å². The van der Waals surface area contributed by atoms with Crippen molar-refractivity contribution in [2.75, 3.05) is 0 Å². The molecule has 1 heterocycles. The maximum absolute atomic E-state index is 4.77. The molecule has 1 aliphatic rings. The molecule has 0 saturated heterocycles. The van der Waals surface area contributed by atoms with Gasteiger partial charge in [-0.25, -0.2) is 0 Å². The molecule has 1 aromatic heterocycles. The van der Waals surface area contributed by atoms with Gasteiger partial charge in [0.05, 0.1) is 0 Å². The second-order valence-corrected chi connectivity index (χ2v) is 4.65. The fraction of sp³-hybridized carbons (Fsp3) is 0.643. The van der Waals surface area contributed by atoms with Crippen LogP contribution in [0, 0.1) is 6.92 Å². The van der Waals surface area contributed by atoms with Crippen molar-refractivity contribution in [3.05, 3.63) is 28.6 Å². The van der Waals surface area contributed by atoms with Crippen molar-refractivity contribution in [3.8, 4) is 0 Å². The Balaban J connectivity index is 2.24. The molecule has 0 spiro atoms. The molecule has 0 radical (unpaired) electrons. The van der Waals surface area contributed by atoms with Crippen LogP contribution in [0.1, 0.15) is 55.1 Å². The van der Waals surface area contributed by atoms with Crippen LogP contribution in [0.5, 0.6) is 0 Å². The number of unbranched alkanes of at least 4 members (excludes halogenated alkanes) is 1. The van der Waals surface area contributed by atoms with E-state index in [-0.39, 0.29) is 0 Å². The summed E-state index contributed by atoms with van der Waals surface area (Å²) in [4.78, 5) is 4.77. The maximum atomic E-state index is 4.77. The third-order valence-electron chi connectivity index (χ3n) is 3.40. The Hall–Kier alpha value is -0.850. The van der Waals surface area contributed by atoms with Crippen LogP contribution in [0.4, 0.5) is 0 Å². The van der Waals surface area contributed by atoms with Gasteiger partial charge in [0.15, 0.2) is 0 Å². The predicted molar refractivity (Wildman–Crippen MR) is 64.2 cm³/mol. The SMILES string of the molecule is CCCCc1cc2c(nc1C)CCCC2. The second-order valence-electron chi connectivity index (χ2n) is 4.65. The van der Waals surface area contributed by atoms with Gasteiger partial charge in [-0.15, -0.1) is 0 Å². The Morgan fingerprint density at radius 2 is 2.07 bits per heavy atom. The zero-order valence-electron chi connectivity index (χ0n) is 9.97. The Labute approximate surface area is 92.9 Å². The molecule has 0 fully saturated rings. The van der Waals surface area contributed by atoms with E-state index in [4.69, 9.17) is 4.98 Å². The van der Waals surface area contributed by atoms with Crippen molar-refractivity contribution in [2.45, 2.75) is 58.8 Å². The molecule has 1 nitrogen and oxygen atoms in total. The van der Waals surface area contributed by atoms with Gasteiger partial charge in [0.25, 0.3) is 0 Å². The number of pyridine rings is 1. The van der Waals surface area contributed by atoms with Gasteiger partial charge >= 0.3 is 0 Å². The summed E-state index contributed by atoms with van der Waals surface area (Å²) in [5, 5.41) is 0. The molecule has 0 unspecified atom stereocenters. The Kier molecular flexibility index (Phi) is 3.40. The summed E-state index contributed by atoms with van der Waals surface area (Å²) in [6.07, 6.45) is 8.91. The zero-order valence-corrected chi connectivity index (χ0v) is 9.97. The summed E-state index contributed by atoms with van der Waals surface area (Å²) in [6.45, 7) is 4.42. The summed E-state index contributed by atoms with van der Waals surface area (Å²) >= 11 is 0. The van der Waals surface area contributed by atoms with E-state index in [1.807, 2.05) is 0 Å². The van der Waals surface area contributed by atoms with Crippen molar-refractivity contribution in [1.29, 1.82) is 0 Å². The first-order valence-electron chi connectivity index (χ1n) is 6.29. The van der Waals surface area contributed by atoms with Gasteiger partial charge in [0, 0.05) is 11.4 Å². The van der Waals surface area contributed by atoms with Crippen molar-refractivity contribution < 1.29 is 0 Å². The monoisotopic (exact) mass is 203 g/mol. The molecule has 0 N–H and O–H groups in total. The molecule has 1 heteroatoms. The first-order chi connectivity index (χ1) is 7.31. The molecule has 0 bridgehead atoms.